The second-order valence-corrected chi connectivity index (χ2v) is 4.37. The Bertz CT molecular complexity index is 629. The molecule has 2 heterocycles. The van der Waals surface area contributed by atoms with E-state index in [1.165, 1.54) is 0 Å². The summed E-state index contributed by atoms with van der Waals surface area (Å²) in [6.07, 6.45) is 4.97. The van der Waals surface area contributed by atoms with Crippen LogP contribution in [-0.2, 0) is 6.42 Å². The maximum atomic E-state index is 10.1. The van der Waals surface area contributed by atoms with E-state index in [-0.39, 0.29) is 0 Å². The molecule has 4 nitrogen and oxygen atoms in total. The van der Waals surface area contributed by atoms with Crippen LogP contribution in [0.4, 0.5) is 0 Å². The van der Waals surface area contributed by atoms with Crippen molar-refractivity contribution < 1.29 is 9.52 Å². The van der Waals surface area contributed by atoms with Crippen LogP contribution in [0.1, 0.15) is 17.4 Å². The smallest absolute Gasteiger partial charge is 0.102 e. The van der Waals surface area contributed by atoms with Gasteiger partial charge in [-0.3, -0.25) is 0 Å². The molecule has 0 saturated heterocycles. The number of benzene rings is 1. The van der Waals surface area contributed by atoms with Crippen LogP contribution >= 0.6 is 0 Å². The van der Waals surface area contributed by atoms with Crippen LogP contribution in [0, 0.1) is 0 Å². The fraction of sp³-hybridized carbons (Fsp3) is 0.133. The van der Waals surface area contributed by atoms with Crippen molar-refractivity contribution in [2.24, 2.45) is 0 Å². The third-order valence-corrected chi connectivity index (χ3v) is 2.98. The molecular weight excluding hydrogens is 240 g/mol. The van der Waals surface area contributed by atoms with Crippen LogP contribution in [-0.4, -0.2) is 14.9 Å². The third-order valence-electron chi connectivity index (χ3n) is 2.98. The lowest BCUT2D eigenvalue weighted by Crippen LogP contribution is -2.03. The fourth-order valence-corrected chi connectivity index (χ4v) is 1.98. The number of aliphatic hydroxyl groups is 1. The first-order chi connectivity index (χ1) is 9.33. The van der Waals surface area contributed by atoms with Gasteiger partial charge >= 0.3 is 0 Å². The Hall–Kier alpha value is -2.33. The molecule has 0 radical (unpaired) electrons. The number of furan rings is 1. The van der Waals surface area contributed by atoms with Gasteiger partial charge in [0.2, 0.25) is 0 Å². The Morgan fingerprint density at radius 2 is 2.00 bits per heavy atom. The lowest BCUT2D eigenvalue weighted by molar-refractivity contribution is 0.173. The van der Waals surface area contributed by atoms with Crippen LogP contribution in [0.3, 0.4) is 0 Å². The molecule has 1 unspecified atom stereocenters. The molecule has 4 heteroatoms. The van der Waals surface area contributed by atoms with E-state index in [4.69, 9.17) is 4.42 Å². The van der Waals surface area contributed by atoms with Gasteiger partial charge in [0.25, 0.3) is 0 Å². The molecule has 1 aromatic carbocycles. The summed E-state index contributed by atoms with van der Waals surface area (Å²) in [5, 5.41) is 14.5. The summed E-state index contributed by atoms with van der Waals surface area (Å²) in [5.41, 5.74) is 2.59. The third kappa shape index (κ3) is 2.58. The van der Waals surface area contributed by atoms with Gasteiger partial charge in [-0.05, 0) is 29.8 Å². The van der Waals surface area contributed by atoms with Crippen molar-refractivity contribution >= 4 is 0 Å². The number of hydrogen-bond acceptors (Lipinski definition) is 3. The van der Waals surface area contributed by atoms with Crippen molar-refractivity contribution in [1.82, 2.24) is 9.78 Å². The predicted molar refractivity (Wildman–Crippen MR) is 70.9 cm³/mol. The van der Waals surface area contributed by atoms with E-state index in [1.807, 2.05) is 48.7 Å². The van der Waals surface area contributed by atoms with E-state index < -0.39 is 6.10 Å². The highest BCUT2D eigenvalue weighted by Crippen LogP contribution is 2.18. The molecular formula is C15H14N2O2. The molecule has 0 spiro atoms. The van der Waals surface area contributed by atoms with E-state index in [0.29, 0.717) is 12.1 Å². The molecule has 3 rings (SSSR count). The van der Waals surface area contributed by atoms with Crippen molar-refractivity contribution in [2.75, 3.05) is 0 Å². The zero-order valence-corrected chi connectivity index (χ0v) is 10.3. The minimum Gasteiger partial charge on any atom is -0.472 e. The van der Waals surface area contributed by atoms with Crippen molar-refractivity contribution in [3.05, 3.63) is 72.4 Å². The number of para-hydroxylation sites is 1. The molecule has 0 fully saturated rings. The molecule has 0 aliphatic heterocycles. The van der Waals surface area contributed by atoms with Crippen LogP contribution in [0.15, 0.2) is 65.6 Å². The van der Waals surface area contributed by atoms with Gasteiger partial charge < -0.3 is 9.52 Å². The second-order valence-electron chi connectivity index (χ2n) is 4.37. The number of hydrogen-bond donors (Lipinski definition) is 1. The van der Waals surface area contributed by atoms with Gasteiger partial charge in [0, 0.05) is 12.6 Å². The largest absolute Gasteiger partial charge is 0.472 e. The van der Waals surface area contributed by atoms with Crippen molar-refractivity contribution in [3.8, 4) is 5.69 Å². The summed E-state index contributed by atoms with van der Waals surface area (Å²) in [6.45, 7) is 0. The molecule has 1 N–H and O–H groups in total. The van der Waals surface area contributed by atoms with Crippen LogP contribution < -0.4 is 0 Å². The van der Waals surface area contributed by atoms with Crippen LogP contribution in [0.2, 0.25) is 0 Å². The number of nitrogens with zero attached hydrogens (tertiary/aromatic N) is 2. The van der Waals surface area contributed by atoms with E-state index in [9.17, 15) is 5.11 Å². The molecule has 2 aromatic heterocycles. The number of aliphatic hydroxyl groups excluding tert-OH is 1. The Morgan fingerprint density at radius 3 is 2.74 bits per heavy atom. The van der Waals surface area contributed by atoms with E-state index >= 15 is 0 Å². The summed E-state index contributed by atoms with van der Waals surface area (Å²) in [5.74, 6) is 0. The average molecular weight is 254 g/mol. The Balaban J connectivity index is 1.78. The molecule has 3 aromatic rings. The summed E-state index contributed by atoms with van der Waals surface area (Å²) in [7, 11) is 0. The van der Waals surface area contributed by atoms with Gasteiger partial charge in [-0.25, -0.2) is 4.68 Å². The lowest BCUT2D eigenvalue weighted by Gasteiger charge is -2.05. The van der Waals surface area contributed by atoms with Gasteiger partial charge in [-0.1, -0.05) is 18.2 Å². The standard InChI is InChI=1S/C15H14N2O2/c18-15(10-12-7-9-19-11-12)14-6-8-17(16-14)13-4-2-1-3-5-13/h1-9,11,15,18H,10H2. The zero-order chi connectivity index (χ0) is 13.1. The Kier molecular flexibility index (Phi) is 3.16. The van der Waals surface area contributed by atoms with Crippen molar-refractivity contribution in [1.29, 1.82) is 0 Å². The monoisotopic (exact) mass is 254 g/mol. The van der Waals surface area contributed by atoms with E-state index in [0.717, 1.165) is 11.3 Å². The first-order valence-corrected chi connectivity index (χ1v) is 6.13. The zero-order valence-electron chi connectivity index (χ0n) is 10.3. The number of aromatic nitrogens is 2. The Labute approximate surface area is 110 Å². The SMILES string of the molecule is OC(Cc1ccoc1)c1ccn(-c2ccccc2)n1. The summed E-state index contributed by atoms with van der Waals surface area (Å²) >= 11 is 0. The second kappa shape index (κ2) is 5.12. The maximum absolute atomic E-state index is 10.1. The summed E-state index contributed by atoms with van der Waals surface area (Å²) in [6, 6.07) is 13.5. The minimum atomic E-state index is -0.623. The molecule has 0 aliphatic rings. The normalized spacial score (nSPS) is 12.5. The quantitative estimate of drug-likeness (QED) is 0.778. The molecule has 19 heavy (non-hydrogen) atoms. The van der Waals surface area contributed by atoms with Crippen LogP contribution in [0.5, 0.6) is 0 Å². The Morgan fingerprint density at radius 1 is 1.16 bits per heavy atom. The first-order valence-electron chi connectivity index (χ1n) is 6.13. The molecule has 96 valence electrons. The average Bonchev–Trinajstić information content (AvgIpc) is 3.10. The highest BCUT2D eigenvalue weighted by Gasteiger charge is 2.12. The fourth-order valence-electron chi connectivity index (χ4n) is 1.98. The highest BCUT2D eigenvalue weighted by molar-refractivity contribution is 5.30. The number of rotatable bonds is 4. The molecule has 1 atom stereocenters. The summed E-state index contributed by atoms with van der Waals surface area (Å²) < 4.78 is 6.75. The lowest BCUT2D eigenvalue weighted by atomic mass is 10.1. The van der Waals surface area contributed by atoms with Gasteiger partial charge in [-0.2, -0.15) is 5.10 Å². The molecule has 0 amide bonds. The topological polar surface area (TPSA) is 51.2 Å². The van der Waals surface area contributed by atoms with E-state index in [1.54, 1.807) is 17.2 Å². The highest BCUT2D eigenvalue weighted by atomic mass is 16.3. The van der Waals surface area contributed by atoms with Gasteiger partial charge in [0.05, 0.1) is 23.9 Å². The minimum absolute atomic E-state index is 0.502. The van der Waals surface area contributed by atoms with Crippen LogP contribution in [0.25, 0.3) is 5.69 Å². The van der Waals surface area contributed by atoms with Gasteiger partial charge in [0.15, 0.2) is 0 Å². The van der Waals surface area contributed by atoms with E-state index in [2.05, 4.69) is 5.10 Å². The molecule has 0 bridgehead atoms. The predicted octanol–water partition coefficient (Wildman–Crippen LogP) is 2.74. The molecule has 0 saturated carbocycles. The van der Waals surface area contributed by atoms with Gasteiger partial charge in [0.1, 0.15) is 6.10 Å². The molecule has 0 aliphatic carbocycles. The van der Waals surface area contributed by atoms with Crippen molar-refractivity contribution in [2.45, 2.75) is 12.5 Å². The maximum Gasteiger partial charge on any atom is 0.102 e. The first kappa shape index (κ1) is 11.7. The van der Waals surface area contributed by atoms with Gasteiger partial charge in [-0.15, -0.1) is 0 Å². The summed E-state index contributed by atoms with van der Waals surface area (Å²) in [4.78, 5) is 0. The van der Waals surface area contributed by atoms with Crippen molar-refractivity contribution in [3.63, 3.8) is 0 Å².